The zero-order valence-corrected chi connectivity index (χ0v) is 10.3. The molecular formula is C13H16N2O3. The minimum absolute atomic E-state index is 0.0154. The highest BCUT2D eigenvalue weighted by Crippen LogP contribution is 2.50. The van der Waals surface area contributed by atoms with Crippen LogP contribution in [0.25, 0.3) is 0 Å². The molecule has 1 saturated carbocycles. The van der Waals surface area contributed by atoms with Crippen LogP contribution < -0.4 is 20.3 Å². The molecule has 0 radical (unpaired) electrons. The number of hydrogen-bond acceptors (Lipinski definition) is 4. The summed E-state index contributed by atoms with van der Waals surface area (Å²) in [5, 5.41) is 0. The van der Waals surface area contributed by atoms with Crippen LogP contribution >= 0.6 is 0 Å². The maximum atomic E-state index is 12.1. The summed E-state index contributed by atoms with van der Waals surface area (Å²) in [7, 11) is 1.69. The van der Waals surface area contributed by atoms with E-state index in [9.17, 15) is 4.79 Å². The van der Waals surface area contributed by atoms with Gasteiger partial charge in [0.05, 0.1) is 5.41 Å². The van der Waals surface area contributed by atoms with E-state index in [1.165, 1.54) is 0 Å². The van der Waals surface area contributed by atoms with E-state index in [4.69, 9.17) is 9.47 Å². The highest BCUT2D eigenvalue weighted by molar-refractivity contribution is 5.91. The standard InChI is InChI=1S/C13H16N2O3/c1-14-15-12(16)13(4-5-13)9-2-3-10-11(8-9)18-7-6-17-10/h2-3,8,14H,4-7H2,1H3,(H,15,16). The van der Waals surface area contributed by atoms with E-state index in [0.717, 1.165) is 29.9 Å². The zero-order valence-electron chi connectivity index (χ0n) is 10.3. The van der Waals surface area contributed by atoms with Crippen LogP contribution in [0.4, 0.5) is 0 Å². The molecule has 2 N–H and O–H groups in total. The van der Waals surface area contributed by atoms with Gasteiger partial charge in [-0.15, -0.1) is 0 Å². The Balaban J connectivity index is 1.90. The lowest BCUT2D eigenvalue weighted by Gasteiger charge is -2.21. The summed E-state index contributed by atoms with van der Waals surface area (Å²) < 4.78 is 11.0. The van der Waals surface area contributed by atoms with Gasteiger partial charge in [-0.2, -0.15) is 0 Å². The lowest BCUT2D eigenvalue weighted by Crippen LogP contribution is -2.41. The van der Waals surface area contributed by atoms with Crippen LogP contribution in [-0.4, -0.2) is 26.2 Å². The summed E-state index contributed by atoms with van der Waals surface area (Å²) in [6.07, 6.45) is 1.75. The Morgan fingerprint density at radius 2 is 1.94 bits per heavy atom. The van der Waals surface area contributed by atoms with Crippen LogP contribution in [0.15, 0.2) is 18.2 Å². The van der Waals surface area contributed by atoms with E-state index in [2.05, 4.69) is 10.9 Å². The quantitative estimate of drug-likeness (QED) is 0.775. The van der Waals surface area contributed by atoms with Gasteiger partial charge in [0.15, 0.2) is 11.5 Å². The fourth-order valence-electron chi connectivity index (χ4n) is 2.35. The Hall–Kier alpha value is -1.75. The minimum Gasteiger partial charge on any atom is -0.486 e. The number of hydrazine groups is 1. The zero-order chi connectivity index (χ0) is 12.6. The number of ether oxygens (including phenoxy) is 2. The van der Waals surface area contributed by atoms with Crippen molar-refractivity contribution in [3.05, 3.63) is 23.8 Å². The van der Waals surface area contributed by atoms with Gasteiger partial charge in [-0.3, -0.25) is 10.2 Å². The van der Waals surface area contributed by atoms with Crippen LogP contribution in [-0.2, 0) is 10.2 Å². The predicted octanol–water partition coefficient (Wildman–Crippen LogP) is 0.740. The minimum atomic E-state index is -0.390. The highest BCUT2D eigenvalue weighted by Gasteiger charge is 2.51. The first kappa shape index (κ1) is 11.3. The molecule has 96 valence electrons. The average Bonchev–Trinajstić information content (AvgIpc) is 3.20. The Labute approximate surface area is 105 Å². The van der Waals surface area contributed by atoms with Gasteiger partial charge in [0.2, 0.25) is 5.91 Å². The molecule has 1 fully saturated rings. The summed E-state index contributed by atoms with van der Waals surface area (Å²) in [6, 6.07) is 5.77. The van der Waals surface area contributed by atoms with E-state index in [1.54, 1.807) is 7.05 Å². The molecule has 5 nitrogen and oxygen atoms in total. The molecule has 1 amide bonds. The van der Waals surface area contributed by atoms with E-state index in [-0.39, 0.29) is 5.91 Å². The SMILES string of the molecule is CNNC(=O)C1(c2ccc3c(c2)OCCO3)CC1. The second-order valence-electron chi connectivity index (χ2n) is 4.64. The molecule has 0 bridgehead atoms. The molecule has 0 atom stereocenters. The Morgan fingerprint density at radius 3 is 2.61 bits per heavy atom. The number of amides is 1. The molecule has 0 saturated heterocycles. The van der Waals surface area contributed by atoms with Gasteiger partial charge in [0.25, 0.3) is 0 Å². The molecule has 1 aliphatic carbocycles. The van der Waals surface area contributed by atoms with E-state index in [0.29, 0.717) is 13.2 Å². The molecule has 1 heterocycles. The summed E-state index contributed by atoms with van der Waals surface area (Å²) in [4.78, 5) is 12.1. The third-order valence-corrected chi connectivity index (χ3v) is 3.52. The maximum absolute atomic E-state index is 12.1. The van der Waals surface area contributed by atoms with E-state index >= 15 is 0 Å². The monoisotopic (exact) mass is 248 g/mol. The second-order valence-corrected chi connectivity index (χ2v) is 4.64. The molecule has 1 aromatic rings. The normalized spacial score (nSPS) is 19.2. The Kier molecular flexibility index (Phi) is 2.63. The van der Waals surface area contributed by atoms with Crippen molar-refractivity contribution in [3.63, 3.8) is 0 Å². The topological polar surface area (TPSA) is 59.6 Å². The van der Waals surface area contributed by atoms with Gasteiger partial charge in [-0.05, 0) is 30.5 Å². The van der Waals surface area contributed by atoms with Crippen molar-refractivity contribution in [1.82, 2.24) is 10.9 Å². The van der Waals surface area contributed by atoms with Gasteiger partial charge >= 0.3 is 0 Å². The summed E-state index contributed by atoms with van der Waals surface area (Å²) in [6.45, 7) is 1.14. The molecule has 5 heteroatoms. The number of nitrogens with one attached hydrogen (secondary N) is 2. The lowest BCUT2D eigenvalue weighted by atomic mass is 9.94. The Morgan fingerprint density at radius 1 is 1.22 bits per heavy atom. The number of carbonyl (C=O) groups is 1. The lowest BCUT2D eigenvalue weighted by molar-refractivity contribution is -0.124. The van der Waals surface area contributed by atoms with Crippen molar-refractivity contribution in [2.24, 2.45) is 0 Å². The first-order valence-electron chi connectivity index (χ1n) is 6.13. The van der Waals surface area contributed by atoms with E-state index in [1.807, 2.05) is 18.2 Å². The van der Waals surface area contributed by atoms with Crippen LogP contribution in [0.3, 0.4) is 0 Å². The van der Waals surface area contributed by atoms with Crippen molar-refractivity contribution < 1.29 is 14.3 Å². The average molecular weight is 248 g/mol. The van der Waals surface area contributed by atoms with Crippen molar-refractivity contribution in [1.29, 1.82) is 0 Å². The molecule has 0 spiro atoms. The van der Waals surface area contributed by atoms with Gasteiger partial charge in [-0.25, -0.2) is 5.43 Å². The fourth-order valence-corrected chi connectivity index (χ4v) is 2.35. The van der Waals surface area contributed by atoms with Crippen molar-refractivity contribution >= 4 is 5.91 Å². The van der Waals surface area contributed by atoms with Crippen molar-refractivity contribution in [2.75, 3.05) is 20.3 Å². The third-order valence-electron chi connectivity index (χ3n) is 3.52. The molecule has 1 aromatic carbocycles. The highest BCUT2D eigenvalue weighted by atomic mass is 16.6. The summed E-state index contributed by atoms with van der Waals surface area (Å²) in [5.41, 5.74) is 5.97. The molecular weight excluding hydrogens is 232 g/mol. The molecule has 0 aromatic heterocycles. The van der Waals surface area contributed by atoms with Gasteiger partial charge < -0.3 is 9.47 Å². The first-order chi connectivity index (χ1) is 8.76. The summed E-state index contributed by atoms with van der Waals surface area (Å²) >= 11 is 0. The van der Waals surface area contributed by atoms with Crippen LogP contribution in [0.2, 0.25) is 0 Å². The molecule has 0 unspecified atom stereocenters. The van der Waals surface area contributed by atoms with E-state index < -0.39 is 5.41 Å². The molecule has 2 aliphatic rings. The van der Waals surface area contributed by atoms with Gasteiger partial charge in [0, 0.05) is 7.05 Å². The summed E-state index contributed by atoms with van der Waals surface area (Å²) in [5.74, 6) is 1.51. The van der Waals surface area contributed by atoms with Crippen molar-refractivity contribution in [2.45, 2.75) is 18.3 Å². The van der Waals surface area contributed by atoms with Crippen LogP contribution in [0.1, 0.15) is 18.4 Å². The molecule has 1 aliphatic heterocycles. The smallest absolute Gasteiger partial charge is 0.244 e. The largest absolute Gasteiger partial charge is 0.486 e. The molecule has 3 rings (SSSR count). The molecule has 18 heavy (non-hydrogen) atoms. The van der Waals surface area contributed by atoms with Crippen LogP contribution in [0.5, 0.6) is 11.5 Å². The number of rotatable bonds is 3. The number of carbonyl (C=O) groups excluding carboxylic acids is 1. The van der Waals surface area contributed by atoms with Gasteiger partial charge in [-0.1, -0.05) is 6.07 Å². The fraction of sp³-hybridized carbons (Fsp3) is 0.462. The number of fused-ring (bicyclic) bond motifs is 1. The second kappa shape index (κ2) is 4.17. The number of benzene rings is 1. The first-order valence-corrected chi connectivity index (χ1v) is 6.13. The van der Waals surface area contributed by atoms with Crippen molar-refractivity contribution in [3.8, 4) is 11.5 Å². The maximum Gasteiger partial charge on any atom is 0.244 e. The van der Waals surface area contributed by atoms with Crippen LogP contribution in [0, 0.1) is 0 Å². The number of hydrogen-bond donors (Lipinski definition) is 2. The van der Waals surface area contributed by atoms with Gasteiger partial charge in [0.1, 0.15) is 13.2 Å². The predicted molar refractivity (Wildman–Crippen MR) is 65.5 cm³/mol. The third kappa shape index (κ3) is 1.71. The Bertz CT molecular complexity index is 483.